The third-order valence-corrected chi connectivity index (χ3v) is 8.46. The van der Waals surface area contributed by atoms with Crippen LogP contribution in [0.15, 0.2) is 23.1 Å². The van der Waals surface area contributed by atoms with Crippen molar-refractivity contribution in [2.24, 2.45) is 23.2 Å². The van der Waals surface area contributed by atoms with E-state index in [1.165, 1.54) is 33.5 Å². The van der Waals surface area contributed by atoms with Crippen molar-refractivity contribution >= 4 is 40.9 Å². The summed E-state index contributed by atoms with van der Waals surface area (Å²) in [4.78, 5) is 50.5. The highest BCUT2D eigenvalue weighted by molar-refractivity contribution is 8.18. The zero-order valence-electron chi connectivity index (χ0n) is 19.2. The number of hydrogen-bond acceptors (Lipinski definition) is 8. The quantitative estimate of drug-likeness (QED) is 0.338. The van der Waals surface area contributed by atoms with Crippen LogP contribution >= 0.6 is 11.8 Å². The first-order chi connectivity index (χ1) is 16.3. The molecule has 4 aliphatic carbocycles. The third-order valence-electron chi connectivity index (χ3n) is 7.55. The van der Waals surface area contributed by atoms with Gasteiger partial charge in [0, 0.05) is 0 Å². The van der Waals surface area contributed by atoms with Gasteiger partial charge in [0.1, 0.15) is 6.54 Å². The Labute approximate surface area is 202 Å². The number of hydrogen-bond donors (Lipinski definition) is 0. The van der Waals surface area contributed by atoms with Crippen LogP contribution in [-0.2, 0) is 19.1 Å². The van der Waals surface area contributed by atoms with Crippen molar-refractivity contribution in [3.8, 4) is 11.5 Å². The maximum Gasteiger partial charge on any atom is 0.325 e. The van der Waals surface area contributed by atoms with E-state index in [0.29, 0.717) is 34.8 Å². The molecule has 1 aromatic rings. The first-order valence-electron chi connectivity index (χ1n) is 11.5. The Morgan fingerprint density at radius 3 is 2.29 bits per heavy atom. The molecular weight excluding hydrogens is 458 g/mol. The molecule has 4 saturated carbocycles. The van der Waals surface area contributed by atoms with E-state index in [0.717, 1.165) is 35.9 Å². The van der Waals surface area contributed by atoms with Gasteiger partial charge in [-0.2, -0.15) is 0 Å². The highest BCUT2D eigenvalue weighted by atomic mass is 32.2. The Balaban J connectivity index is 1.32. The highest BCUT2D eigenvalue weighted by Gasteiger charge is 2.55. The van der Waals surface area contributed by atoms with Crippen molar-refractivity contribution in [2.45, 2.75) is 38.5 Å². The average molecular weight is 486 g/mol. The second kappa shape index (κ2) is 8.76. The number of thioether (sulfide) groups is 1. The lowest BCUT2D eigenvalue weighted by Gasteiger charge is -2.55. The van der Waals surface area contributed by atoms with Gasteiger partial charge in [-0.15, -0.1) is 0 Å². The summed E-state index contributed by atoms with van der Waals surface area (Å²) in [6, 6.07) is 5.03. The summed E-state index contributed by atoms with van der Waals surface area (Å²) in [6.45, 7) is -0.430. The number of esters is 2. The molecule has 9 heteroatoms. The number of ether oxygens (including phenoxy) is 3. The molecule has 0 N–H and O–H groups in total. The molecule has 0 unspecified atom stereocenters. The van der Waals surface area contributed by atoms with Crippen LogP contribution in [0.3, 0.4) is 0 Å². The van der Waals surface area contributed by atoms with Gasteiger partial charge in [-0.1, -0.05) is 6.07 Å². The molecule has 1 heterocycles. The van der Waals surface area contributed by atoms with Crippen molar-refractivity contribution in [2.75, 3.05) is 20.8 Å². The highest BCUT2D eigenvalue weighted by Crippen LogP contribution is 2.60. The maximum atomic E-state index is 13.3. The fourth-order valence-electron chi connectivity index (χ4n) is 6.41. The predicted molar refractivity (Wildman–Crippen MR) is 124 cm³/mol. The molecule has 0 aromatic heterocycles. The van der Waals surface area contributed by atoms with Crippen LogP contribution in [0.25, 0.3) is 6.08 Å². The monoisotopic (exact) mass is 485 g/mol. The first-order valence-corrected chi connectivity index (χ1v) is 12.3. The summed E-state index contributed by atoms with van der Waals surface area (Å²) < 4.78 is 15.9. The SMILES string of the molecule is COC(=O)CN1C(=O)S/C(=C\c2ccc(OC(=O)C34CC5CC(CC(C5)C3)C4)c(OC)c2)C1=O. The van der Waals surface area contributed by atoms with E-state index in [1.54, 1.807) is 24.3 Å². The summed E-state index contributed by atoms with van der Waals surface area (Å²) >= 11 is 0.754. The van der Waals surface area contributed by atoms with Crippen molar-refractivity contribution < 1.29 is 33.4 Å². The lowest BCUT2D eigenvalue weighted by Crippen LogP contribution is -2.51. The van der Waals surface area contributed by atoms with Crippen LogP contribution in [0.5, 0.6) is 11.5 Å². The molecule has 5 fully saturated rings. The summed E-state index contributed by atoms with van der Waals surface area (Å²) in [5, 5.41) is -0.533. The average Bonchev–Trinajstić information content (AvgIpc) is 3.06. The Bertz CT molecular complexity index is 1060. The topological polar surface area (TPSA) is 99.2 Å². The van der Waals surface area contributed by atoms with E-state index in [4.69, 9.17) is 9.47 Å². The number of rotatable bonds is 6. The summed E-state index contributed by atoms with van der Waals surface area (Å²) in [5.41, 5.74) is 0.228. The molecule has 1 aliphatic heterocycles. The van der Waals surface area contributed by atoms with Crippen LogP contribution in [0, 0.1) is 23.2 Å². The Hall–Kier alpha value is -2.81. The van der Waals surface area contributed by atoms with Crippen molar-refractivity contribution in [1.82, 2.24) is 4.90 Å². The van der Waals surface area contributed by atoms with Gasteiger partial charge in [0.2, 0.25) is 0 Å². The van der Waals surface area contributed by atoms with Crippen molar-refractivity contribution in [1.29, 1.82) is 0 Å². The van der Waals surface area contributed by atoms with Gasteiger partial charge in [0.25, 0.3) is 11.1 Å². The Morgan fingerprint density at radius 2 is 1.71 bits per heavy atom. The molecule has 1 aromatic carbocycles. The largest absolute Gasteiger partial charge is 0.493 e. The molecule has 34 heavy (non-hydrogen) atoms. The number of methoxy groups -OCH3 is 2. The van der Waals surface area contributed by atoms with Crippen molar-refractivity contribution in [3.63, 3.8) is 0 Å². The van der Waals surface area contributed by atoms with Crippen molar-refractivity contribution in [3.05, 3.63) is 28.7 Å². The lowest BCUT2D eigenvalue weighted by molar-refractivity contribution is -0.161. The minimum Gasteiger partial charge on any atom is -0.493 e. The van der Waals surface area contributed by atoms with Crippen LogP contribution in [0.2, 0.25) is 0 Å². The zero-order valence-corrected chi connectivity index (χ0v) is 20.0. The van der Waals surface area contributed by atoms with Crippen LogP contribution in [0.1, 0.15) is 44.1 Å². The fraction of sp³-hybridized carbons (Fsp3) is 0.520. The second-order valence-corrected chi connectivity index (χ2v) is 10.8. The van der Waals surface area contributed by atoms with Crippen LogP contribution < -0.4 is 9.47 Å². The predicted octanol–water partition coefficient (Wildman–Crippen LogP) is 4.03. The molecule has 1 saturated heterocycles. The number of imide groups is 1. The normalized spacial score (nSPS) is 30.7. The molecule has 4 bridgehead atoms. The standard InChI is InChI=1S/C25H27NO7S/c1-31-19-8-14(9-20-22(28)26(24(30)34-20)13-21(27)32-2)3-4-18(19)33-23(29)25-10-15-5-16(11-25)7-17(6-15)12-25/h3-4,8-9,15-17H,5-7,10-13H2,1-2H3/b20-9-. The van der Waals surface area contributed by atoms with Gasteiger partial charge >= 0.3 is 11.9 Å². The number of benzene rings is 1. The molecule has 0 radical (unpaired) electrons. The zero-order chi connectivity index (χ0) is 24.0. The van der Waals surface area contributed by atoms with Crippen LogP contribution in [0.4, 0.5) is 4.79 Å². The molecule has 5 aliphatic rings. The molecular formula is C25H27NO7S. The van der Waals surface area contributed by atoms with E-state index in [-0.39, 0.29) is 16.3 Å². The molecule has 180 valence electrons. The number of nitrogens with zero attached hydrogens (tertiary/aromatic N) is 1. The number of amides is 2. The molecule has 2 amide bonds. The second-order valence-electron chi connectivity index (χ2n) is 9.84. The maximum absolute atomic E-state index is 13.3. The smallest absolute Gasteiger partial charge is 0.325 e. The van der Waals surface area contributed by atoms with E-state index in [9.17, 15) is 19.2 Å². The van der Waals surface area contributed by atoms with Gasteiger partial charge in [0.15, 0.2) is 11.5 Å². The Morgan fingerprint density at radius 1 is 1.06 bits per heavy atom. The molecule has 8 nitrogen and oxygen atoms in total. The van der Waals surface area contributed by atoms with Crippen LogP contribution in [-0.4, -0.2) is 48.7 Å². The first kappa shape index (κ1) is 23.0. The number of carbonyl (C=O) groups is 4. The summed E-state index contributed by atoms with van der Waals surface area (Å²) in [7, 11) is 2.69. The van der Waals surface area contributed by atoms with E-state index in [1.807, 2.05) is 0 Å². The van der Waals surface area contributed by atoms with Gasteiger partial charge in [-0.05, 0) is 91.8 Å². The van der Waals surface area contributed by atoms with E-state index in [2.05, 4.69) is 4.74 Å². The third kappa shape index (κ3) is 4.10. The van der Waals surface area contributed by atoms with E-state index < -0.39 is 23.7 Å². The summed E-state index contributed by atoms with van der Waals surface area (Å²) in [5.74, 6) is 1.24. The van der Waals surface area contributed by atoms with Gasteiger partial charge in [-0.3, -0.25) is 24.1 Å². The molecule has 6 rings (SSSR count). The number of carbonyl (C=O) groups excluding carboxylic acids is 4. The van der Waals surface area contributed by atoms with Gasteiger partial charge in [-0.25, -0.2) is 0 Å². The van der Waals surface area contributed by atoms with Gasteiger partial charge in [0.05, 0.1) is 24.5 Å². The minimum atomic E-state index is -0.671. The Kier molecular flexibility index (Phi) is 5.91. The fourth-order valence-corrected chi connectivity index (χ4v) is 7.25. The van der Waals surface area contributed by atoms with E-state index >= 15 is 0 Å². The molecule has 0 spiro atoms. The van der Waals surface area contributed by atoms with Gasteiger partial charge < -0.3 is 14.2 Å². The molecule has 0 atom stereocenters. The minimum absolute atomic E-state index is 0.165. The lowest BCUT2D eigenvalue weighted by atomic mass is 9.49. The summed E-state index contributed by atoms with van der Waals surface area (Å²) in [6.07, 6.45) is 8.04.